The molecule has 0 aliphatic carbocycles. The number of rotatable bonds is 9. The Labute approximate surface area is 73.4 Å². The van der Waals surface area contributed by atoms with Crippen molar-refractivity contribution in [2.24, 2.45) is 0 Å². The number of aliphatic hydroxyl groups is 1. The van der Waals surface area contributed by atoms with Crippen LogP contribution in [0.15, 0.2) is 0 Å². The van der Waals surface area contributed by atoms with Crippen LogP contribution in [0.25, 0.3) is 0 Å². The van der Waals surface area contributed by atoms with Crippen LogP contribution in [0.2, 0.25) is 0 Å². The van der Waals surface area contributed by atoms with Gasteiger partial charge in [-0.3, -0.25) is 0 Å². The van der Waals surface area contributed by atoms with Gasteiger partial charge in [-0.1, -0.05) is 6.92 Å². The maximum absolute atomic E-state index is 8.25. The van der Waals surface area contributed by atoms with Gasteiger partial charge in [0.2, 0.25) is 0 Å². The highest BCUT2D eigenvalue weighted by Gasteiger charge is 1.88. The Morgan fingerprint density at radius 2 is 1.67 bits per heavy atom. The minimum absolute atomic E-state index is 0.216. The number of hydrogen-bond acceptors (Lipinski definition) is 4. The summed E-state index contributed by atoms with van der Waals surface area (Å²) in [5.74, 6) is 0. The van der Waals surface area contributed by atoms with Crippen LogP contribution in [0.1, 0.15) is 19.8 Å². The molecule has 4 nitrogen and oxygen atoms in total. The summed E-state index contributed by atoms with van der Waals surface area (Å²) in [5.41, 5.74) is 0. The average molecular weight is 178 g/mol. The van der Waals surface area contributed by atoms with Gasteiger partial charge in [0.15, 0.2) is 0 Å². The molecule has 0 aromatic rings. The summed E-state index contributed by atoms with van der Waals surface area (Å²) in [4.78, 5) is 0. The summed E-state index contributed by atoms with van der Waals surface area (Å²) in [7, 11) is 0. The van der Waals surface area contributed by atoms with Crippen molar-refractivity contribution in [3.63, 3.8) is 0 Å². The highest BCUT2D eigenvalue weighted by atomic mass is 16.7. The van der Waals surface area contributed by atoms with Gasteiger partial charge in [0.1, 0.15) is 13.6 Å². The predicted octanol–water partition coefficient (Wildman–Crippen LogP) is 0.744. The van der Waals surface area contributed by atoms with E-state index in [1.165, 1.54) is 0 Å². The van der Waals surface area contributed by atoms with Crippen LogP contribution < -0.4 is 0 Å². The summed E-state index contributed by atoms with van der Waals surface area (Å²) < 4.78 is 14.9. The Morgan fingerprint density at radius 3 is 2.33 bits per heavy atom. The molecule has 0 saturated carbocycles. The molecule has 0 radical (unpaired) electrons. The maximum atomic E-state index is 8.25. The van der Waals surface area contributed by atoms with Crippen LogP contribution in [0.4, 0.5) is 0 Å². The molecule has 0 amide bonds. The van der Waals surface area contributed by atoms with Crippen LogP contribution in [-0.4, -0.2) is 38.5 Å². The van der Waals surface area contributed by atoms with E-state index < -0.39 is 0 Å². The Hall–Kier alpha value is -0.160. The van der Waals surface area contributed by atoms with E-state index in [-0.39, 0.29) is 6.79 Å². The molecular formula is C8H18O4. The fourth-order valence-corrected chi connectivity index (χ4v) is 0.649. The third-order valence-electron chi connectivity index (χ3n) is 1.18. The van der Waals surface area contributed by atoms with Crippen molar-refractivity contribution in [3.8, 4) is 0 Å². The molecule has 0 saturated heterocycles. The van der Waals surface area contributed by atoms with Gasteiger partial charge in [-0.2, -0.15) is 0 Å². The van der Waals surface area contributed by atoms with Crippen molar-refractivity contribution < 1.29 is 19.3 Å². The molecule has 0 rings (SSSR count). The van der Waals surface area contributed by atoms with Crippen molar-refractivity contribution in [2.45, 2.75) is 19.8 Å². The standard InChI is InChI=1S/C8H18O4/c1-2-4-11-8-12-6-3-5-10-7-9/h9H,2-8H2,1H3. The van der Waals surface area contributed by atoms with E-state index in [0.29, 0.717) is 20.0 Å². The summed E-state index contributed by atoms with van der Waals surface area (Å²) in [5, 5.41) is 8.25. The first-order valence-corrected chi connectivity index (χ1v) is 4.26. The molecule has 0 heterocycles. The van der Waals surface area contributed by atoms with E-state index in [4.69, 9.17) is 19.3 Å². The fraction of sp³-hybridized carbons (Fsp3) is 1.00. The minimum Gasteiger partial charge on any atom is -0.371 e. The molecule has 1 N–H and O–H groups in total. The third kappa shape index (κ3) is 9.84. The number of aliphatic hydroxyl groups excluding tert-OH is 1. The summed E-state index contributed by atoms with van der Waals surface area (Å²) in [6.45, 7) is 4.08. The molecule has 12 heavy (non-hydrogen) atoms. The third-order valence-corrected chi connectivity index (χ3v) is 1.18. The molecule has 0 aliphatic heterocycles. The second kappa shape index (κ2) is 10.8. The second-order valence-corrected chi connectivity index (χ2v) is 2.33. The van der Waals surface area contributed by atoms with Crippen LogP contribution in [0, 0.1) is 0 Å². The monoisotopic (exact) mass is 178 g/mol. The van der Waals surface area contributed by atoms with E-state index in [1.54, 1.807) is 0 Å². The van der Waals surface area contributed by atoms with Gasteiger partial charge in [0, 0.05) is 6.61 Å². The molecule has 0 fully saturated rings. The highest BCUT2D eigenvalue weighted by Crippen LogP contribution is 1.86. The first kappa shape index (κ1) is 11.8. The zero-order chi connectivity index (χ0) is 9.07. The Kier molecular flexibility index (Phi) is 10.7. The van der Waals surface area contributed by atoms with Crippen LogP contribution >= 0.6 is 0 Å². The normalized spacial score (nSPS) is 10.5. The highest BCUT2D eigenvalue weighted by molar-refractivity contribution is 4.30. The summed E-state index contributed by atoms with van der Waals surface area (Å²) >= 11 is 0. The van der Waals surface area contributed by atoms with Gasteiger partial charge in [-0.05, 0) is 12.8 Å². The van der Waals surface area contributed by atoms with Gasteiger partial charge >= 0.3 is 0 Å². The quantitative estimate of drug-likeness (QED) is 0.418. The van der Waals surface area contributed by atoms with Gasteiger partial charge in [0.05, 0.1) is 13.2 Å². The van der Waals surface area contributed by atoms with Crippen molar-refractivity contribution in [1.82, 2.24) is 0 Å². The van der Waals surface area contributed by atoms with Crippen LogP contribution in [-0.2, 0) is 14.2 Å². The van der Waals surface area contributed by atoms with E-state index in [0.717, 1.165) is 19.4 Å². The second-order valence-electron chi connectivity index (χ2n) is 2.33. The van der Waals surface area contributed by atoms with Gasteiger partial charge in [-0.15, -0.1) is 0 Å². The van der Waals surface area contributed by atoms with Gasteiger partial charge in [0.25, 0.3) is 0 Å². The van der Waals surface area contributed by atoms with Crippen molar-refractivity contribution in [3.05, 3.63) is 0 Å². The zero-order valence-corrected chi connectivity index (χ0v) is 7.62. The first-order valence-electron chi connectivity index (χ1n) is 4.26. The molecular weight excluding hydrogens is 160 g/mol. The lowest BCUT2D eigenvalue weighted by Gasteiger charge is -2.04. The smallest absolute Gasteiger partial charge is 0.146 e. The Balaban J connectivity index is 2.73. The van der Waals surface area contributed by atoms with E-state index in [1.807, 2.05) is 0 Å². The molecule has 0 atom stereocenters. The Bertz CT molecular complexity index is 67.5. The van der Waals surface area contributed by atoms with Crippen LogP contribution in [0.3, 0.4) is 0 Å². The topological polar surface area (TPSA) is 47.9 Å². The maximum Gasteiger partial charge on any atom is 0.146 e. The number of hydrogen-bond donors (Lipinski definition) is 1. The molecule has 0 bridgehead atoms. The molecule has 0 unspecified atom stereocenters. The first-order chi connectivity index (χ1) is 5.91. The van der Waals surface area contributed by atoms with Crippen molar-refractivity contribution in [1.29, 1.82) is 0 Å². The summed E-state index contributed by atoms with van der Waals surface area (Å²) in [6, 6.07) is 0. The fourth-order valence-electron chi connectivity index (χ4n) is 0.649. The van der Waals surface area contributed by atoms with Gasteiger partial charge in [-0.25, -0.2) is 0 Å². The van der Waals surface area contributed by atoms with E-state index in [2.05, 4.69) is 6.92 Å². The van der Waals surface area contributed by atoms with E-state index in [9.17, 15) is 0 Å². The van der Waals surface area contributed by atoms with Crippen LogP contribution in [0.5, 0.6) is 0 Å². The molecule has 0 spiro atoms. The minimum atomic E-state index is -0.216. The lowest BCUT2D eigenvalue weighted by atomic mass is 10.5. The molecule has 4 heteroatoms. The average Bonchev–Trinajstić information content (AvgIpc) is 2.10. The zero-order valence-electron chi connectivity index (χ0n) is 7.62. The molecule has 0 aromatic heterocycles. The number of ether oxygens (including phenoxy) is 3. The summed E-state index contributed by atoms with van der Waals surface area (Å²) in [6.07, 6.45) is 1.80. The van der Waals surface area contributed by atoms with Gasteiger partial charge < -0.3 is 19.3 Å². The van der Waals surface area contributed by atoms with Crippen molar-refractivity contribution >= 4 is 0 Å². The molecule has 0 aliphatic rings. The van der Waals surface area contributed by atoms with E-state index >= 15 is 0 Å². The lowest BCUT2D eigenvalue weighted by Crippen LogP contribution is -2.05. The van der Waals surface area contributed by atoms with Crippen molar-refractivity contribution in [2.75, 3.05) is 33.4 Å². The largest absolute Gasteiger partial charge is 0.371 e. The molecule has 0 aromatic carbocycles. The molecule has 74 valence electrons. The lowest BCUT2D eigenvalue weighted by molar-refractivity contribution is -0.0641. The Morgan fingerprint density at radius 1 is 1.00 bits per heavy atom. The predicted molar refractivity (Wildman–Crippen MR) is 44.7 cm³/mol. The SMILES string of the molecule is CCCOCOCCCOCO.